The summed E-state index contributed by atoms with van der Waals surface area (Å²) in [6, 6.07) is 16.1. The van der Waals surface area contributed by atoms with Crippen molar-refractivity contribution in [3.05, 3.63) is 60.2 Å². The largest absolute Gasteiger partial charge is 0.336 e. The van der Waals surface area contributed by atoms with Gasteiger partial charge in [0, 0.05) is 36.3 Å². The van der Waals surface area contributed by atoms with Crippen LogP contribution in [-0.4, -0.2) is 55.0 Å². The van der Waals surface area contributed by atoms with Crippen molar-refractivity contribution in [3.63, 3.8) is 0 Å². The predicted molar refractivity (Wildman–Crippen MR) is 109 cm³/mol. The van der Waals surface area contributed by atoms with Crippen molar-refractivity contribution < 1.29 is 13.2 Å². The van der Waals surface area contributed by atoms with Crippen LogP contribution in [0.15, 0.2) is 64.4 Å². The summed E-state index contributed by atoms with van der Waals surface area (Å²) in [5, 5.41) is 0.381. The maximum absolute atomic E-state index is 13.0. The van der Waals surface area contributed by atoms with E-state index in [4.69, 9.17) is 0 Å². The molecule has 27 heavy (non-hydrogen) atoms. The van der Waals surface area contributed by atoms with Crippen LogP contribution in [0.1, 0.15) is 24.2 Å². The van der Waals surface area contributed by atoms with Crippen LogP contribution in [0.3, 0.4) is 0 Å². The van der Waals surface area contributed by atoms with E-state index in [-0.39, 0.29) is 5.91 Å². The number of piperazine rings is 1. The zero-order valence-corrected chi connectivity index (χ0v) is 17.2. The molecule has 1 aliphatic heterocycles. The average Bonchev–Trinajstić information content (AvgIpc) is 2.68. The Morgan fingerprint density at radius 3 is 2.15 bits per heavy atom. The standard InChI is InChI=1S/C20H24N2O3S2/c1-16(2)26-19-11-7-6-10-18(19)20(23)21-12-14-22(15-13-21)27(24,25)17-8-4-3-5-9-17/h3-11,16H,12-15H2,1-2H3. The SMILES string of the molecule is CC(C)Sc1ccccc1C(=O)N1CCN(S(=O)(=O)c2ccccc2)CC1. The molecule has 0 atom stereocenters. The molecule has 7 heteroatoms. The van der Waals surface area contributed by atoms with Gasteiger partial charge in [-0.2, -0.15) is 4.31 Å². The molecule has 0 bridgehead atoms. The van der Waals surface area contributed by atoms with E-state index in [2.05, 4.69) is 13.8 Å². The van der Waals surface area contributed by atoms with E-state index in [0.717, 1.165) is 4.90 Å². The minimum absolute atomic E-state index is 0.0319. The summed E-state index contributed by atoms with van der Waals surface area (Å²) in [7, 11) is -3.51. The number of benzene rings is 2. The Hall–Kier alpha value is -1.83. The lowest BCUT2D eigenvalue weighted by Gasteiger charge is -2.34. The van der Waals surface area contributed by atoms with Crippen molar-refractivity contribution in [3.8, 4) is 0 Å². The highest BCUT2D eigenvalue weighted by atomic mass is 32.2. The molecule has 0 aliphatic carbocycles. The van der Waals surface area contributed by atoms with Gasteiger partial charge in [-0.3, -0.25) is 4.79 Å². The lowest BCUT2D eigenvalue weighted by atomic mass is 10.2. The highest BCUT2D eigenvalue weighted by molar-refractivity contribution is 8.00. The second kappa shape index (κ2) is 8.46. The Balaban J connectivity index is 1.70. The number of sulfonamides is 1. The molecule has 1 amide bonds. The van der Waals surface area contributed by atoms with Gasteiger partial charge in [-0.1, -0.05) is 44.2 Å². The number of carbonyl (C=O) groups excluding carboxylic acids is 1. The second-order valence-corrected chi connectivity index (χ2v) is 10.2. The van der Waals surface area contributed by atoms with Crippen molar-refractivity contribution in [2.75, 3.05) is 26.2 Å². The summed E-state index contributed by atoms with van der Waals surface area (Å²) >= 11 is 1.67. The summed E-state index contributed by atoms with van der Waals surface area (Å²) in [6.45, 7) is 5.60. The zero-order chi connectivity index (χ0) is 19.4. The first kappa shape index (κ1) is 19.9. The highest BCUT2D eigenvalue weighted by Gasteiger charge is 2.30. The molecular formula is C20H24N2O3S2. The number of rotatable bonds is 5. The molecule has 1 aliphatic rings. The average molecular weight is 405 g/mol. The second-order valence-electron chi connectivity index (χ2n) is 6.67. The Morgan fingerprint density at radius 1 is 0.926 bits per heavy atom. The van der Waals surface area contributed by atoms with Crippen LogP contribution in [0.4, 0.5) is 0 Å². The fourth-order valence-electron chi connectivity index (χ4n) is 3.04. The van der Waals surface area contributed by atoms with Crippen LogP contribution in [0.5, 0.6) is 0 Å². The van der Waals surface area contributed by atoms with Crippen molar-refractivity contribution in [2.24, 2.45) is 0 Å². The van der Waals surface area contributed by atoms with Gasteiger partial charge >= 0.3 is 0 Å². The molecular weight excluding hydrogens is 380 g/mol. The molecule has 0 spiro atoms. The van der Waals surface area contributed by atoms with Crippen LogP contribution < -0.4 is 0 Å². The Bertz CT molecular complexity index is 890. The Labute approximate surface area is 165 Å². The molecule has 0 unspecified atom stereocenters. The minimum Gasteiger partial charge on any atom is -0.336 e. The molecule has 5 nitrogen and oxygen atoms in total. The Kier molecular flexibility index (Phi) is 6.24. The summed E-state index contributed by atoms with van der Waals surface area (Å²) in [4.78, 5) is 16.0. The molecule has 0 aromatic heterocycles. The number of thioether (sulfide) groups is 1. The van der Waals surface area contributed by atoms with E-state index >= 15 is 0 Å². The Morgan fingerprint density at radius 2 is 1.52 bits per heavy atom. The fraction of sp³-hybridized carbons (Fsp3) is 0.350. The van der Waals surface area contributed by atoms with Gasteiger partial charge in [0.2, 0.25) is 10.0 Å². The van der Waals surface area contributed by atoms with E-state index < -0.39 is 10.0 Å². The van der Waals surface area contributed by atoms with E-state index in [0.29, 0.717) is 41.9 Å². The lowest BCUT2D eigenvalue weighted by molar-refractivity contribution is 0.0694. The van der Waals surface area contributed by atoms with Gasteiger partial charge in [0.15, 0.2) is 0 Å². The van der Waals surface area contributed by atoms with Gasteiger partial charge in [0.25, 0.3) is 5.91 Å². The first-order chi connectivity index (χ1) is 12.9. The van der Waals surface area contributed by atoms with Gasteiger partial charge < -0.3 is 4.90 Å². The van der Waals surface area contributed by atoms with Crippen molar-refractivity contribution in [2.45, 2.75) is 28.9 Å². The van der Waals surface area contributed by atoms with Crippen molar-refractivity contribution in [1.82, 2.24) is 9.21 Å². The van der Waals surface area contributed by atoms with Gasteiger partial charge in [0.1, 0.15) is 0 Å². The molecule has 0 saturated carbocycles. The molecule has 1 saturated heterocycles. The fourth-order valence-corrected chi connectivity index (χ4v) is 5.43. The predicted octanol–water partition coefficient (Wildman–Crippen LogP) is 3.33. The zero-order valence-electron chi connectivity index (χ0n) is 15.5. The van der Waals surface area contributed by atoms with Crippen LogP contribution in [0.2, 0.25) is 0 Å². The van der Waals surface area contributed by atoms with Crippen LogP contribution in [-0.2, 0) is 10.0 Å². The molecule has 1 fully saturated rings. The normalized spacial score (nSPS) is 15.9. The van der Waals surface area contributed by atoms with E-state index in [9.17, 15) is 13.2 Å². The molecule has 1 heterocycles. The first-order valence-corrected chi connectivity index (χ1v) is 11.3. The highest BCUT2D eigenvalue weighted by Crippen LogP contribution is 2.28. The van der Waals surface area contributed by atoms with Gasteiger partial charge in [-0.05, 0) is 24.3 Å². The summed E-state index contributed by atoms with van der Waals surface area (Å²) in [5.74, 6) is -0.0319. The molecule has 0 N–H and O–H groups in total. The number of carbonyl (C=O) groups is 1. The molecule has 144 valence electrons. The minimum atomic E-state index is -3.51. The monoisotopic (exact) mass is 404 g/mol. The summed E-state index contributed by atoms with van der Waals surface area (Å²) in [5.41, 5.74) is 0.690. The molecule has 2 aromatic carbocycles. The lowest BCUT2D eigenvalue weighted by Crippen LogP contribution is -2.50. The maximum Gasteiger partial charge on any atom is 0.255 e. The number of nitrogens with zero attached hydrogens (tertiary/aromatic N) is 2. The third-order valence-electron chi connectivity index (χ3n) is 4.39. The third kappa shape index (κ3) is 4.54. The smallest absolute Gasteiger partial charge is 0.255 e. The third-order valence-corrected chi connectivity index (χ3v) is 7.38. The number of hydrogen-bond acceptors (Lipinski definition) is 4. The molecule has 2 aromatic rings. The van der Waals surface area contributed by atoms with Crippen molar-refractivity contribution >= 4 is 27.7 Å². The topological polar surface area (TPSA) is 57.7 Å². The summed E-state index contributed by atoms with van der Waals surface area (Å²) < 4.78 is 26.9. The maximum atomic E-state index is 13.0. The van der Waals surface area contributed by atoms with E-state index in [1.807, 2.05) is 24.3 Å². The van der Waals surface area contributed by atoms with Crippen LogP contribution in [0, 0.1) is 0 Å². The molecule has 3 rings (SSSR count). The summed E-state index contributed by atoms with van der Waals surface area (Å²) in [6.07, 6.45) is 0. The van der Waals surface area contributed by atoms with Gasteiger partial charge in [0.05, 0.1) is 10.5 Å². The number of amides is 1. The number of hydrogen-bond donors (Lipinski definition) is 0. The van der Waals surface area contributed by atoms with E-state index in [1.165, 1.54) is 4.31 Å². The van der Waals surface area contributed by atoms with E-state index in [1.54, 1.807) is 47.0 Å². The molecule has 0 radical (unpaired) electrons. The van der Waals surface area contributed by atoms with Crippen LogP contribution in [0.25, 0.3) is 0 Å². The van der Waals surface area contributed by atoms with Crippen LogP contribution >= 0.6 is 11.8 Å². The van der Waals surface area contributed by atoms with Gasteiger partial charge in [-0.15, -0.1) is 11.8 Å². The first-order valence-electron chi connectivity index (χ1n) is 9.00. The van der Waals surface area contributed by atoms with Gasteiger partial charge in [-0.25, -0.2) is 8.42 Å². The van der Waals surface area contributed by atoms with Crippen molar-refractivity contribution in [1.29, 1.82) is 0 Å². The quantitative estimate of drug-likeness (QED) is 0.717.